The molecule has 3 nitrogen and oxygen atoms in total. The molecule has 0 bridgehead atoms. The summed E-state index contributed by atoms with van der Waals surface area (Å²) in [6.45, 7) is 2.11. The van der Waals surface area contributed by atoms with Crippen LogP contribution in [-0.4, -0.2) is 28.9 Å². The van der Waals surface area contributed by atoms with Crippen molar-refractivity contribution < 1.29 is 0 Å². The van der Waals surface area contributed by atoms with Crippen LogP contribution >= 0.6 is 11.6 Å². The Hall–Kier alpha value is -0.830. The molecule has 1 aliphatic rings. The normalized spacial score (nSPS) is 21.5. The molecule has 1 unspecified atom stereocenters. The fraction of sp³-hybridized carbons (Fsp3) is 0.600. The molecule has 0 radical (unpaired) electrons. The molecule has 0 amide bonds. The van der Waals surface area contributed by atoms with Crippen molar-refractivity contribution >= 4 is 17.5 Å². The van der Waals surface area contributed by atoms with E-state index >= 15 is 0 Å². The standard InChI is InChI=1S/C10H14ClN3/c11-4-2-9-3-7-14(8-9)10-12-5-1-6-13-10/h1,5-6,9H,2-4,7-8H2. The van der Waals surface area contributed by atoms with Crippen LogP contribution < -0.4 is 4.90 Å². The number of rotatable bonds is 3. The molecular formula is C10H14ClN3. The third-order valence-electron chi connectivity index (χ3n) is 2.64. The molecule has 0 aliphatic carbocycles. The molecule has 1 fully saturated rings. The van der Waals surface area contributed by atoms with Gasteiger partial charge in [0.2, 0.25) is 5.95 Å². The quantitative estimate of drug-likeness (QED) is 0.716. The van der Waals surface area contributed by atoms with Crippen LogP contribution in [0.3, 0.4) is 0 Å². The van der Waals surface area contributed by atoms with Crippen molar-refractivity contribution in [1.82, 2.24) is 9.97 Å². The van der Waals surface area contributed by atoms with Crippen LogP contribution in [0.15, 0.2) is 18.5 Å². The summed E-state index contributed by atoms with van der Waals surface area (Å²) >= 11 is 5.73. The highest BCUT2D eigenvalue weighted by Crippen LogP contribution is 2.22. The maximum absolute atomic E-state index is 5.73. The molecular weight excluding hydrogens is 198 g/mol. The number of nitrogens with zero attached hydrogens (tertiary/aromatic N) is 3. The van der Waals surface area contributed by atoms with Gasteiger partial charge in [0.15, 0.2) is 0 Å². The summed E-state index contributed by atoms with van der Waals surface area (Å²) in [4.78, 5) is 10.7. The van der Waals surface area contributed by atoms with Gasteiger partial charge in [0.05, 0.1) is 0 Å². The van der Waals surface area contributed by atoms with Gasteiger partial charge in [-0.2, -0.15) is 0 Å². The predicted octanol–water partition coefficient (Wildman–Crippen LogP) is 1.93. The summed E-state index contributed by atoms with van der Waals surface area (Å²) in [5, 5.41) is 0. The lowest BCUT2D eigenvalue weighted by Gasteiger charge is -2.15. The lowest BCUT2D eigenvalue weighted by Crippen LogP contribution is -2.21. The molecule has 4 heteroatoms. The Labute approximate surface area is 89.1 Å². The maximum Gasteiger partial charge on any atom is 0.225 e. The van der Waals surface area contributed by atoms with Crippen molar-refractivity contribution in [2.75, 3.05) is 23.9 Å². The van der Waals surface area contributed by atoms with E-state index in [9.17, 15) is 0 Å². The maximum atomic E-state index is 5.73. The van der Waals surface area contributed by atoms with Gasteiger partial charge in [-0.3, -0.25) is 0 Å². The molecule has 1 atom stereocenters. The number of aromatic nitrogens is 2. The minimum atomic E-state index is 0.719. The predicted molar refractivity (Wildman–Crippen MR) is 57.7 cm³/mol. The molecule has 1 saturated heterocycles. The minimum absolute atomic E-state index is 0.719. The summed E-state index contributed by atoms with van der Waals surface area (Å²) in [5.74, 6) is 2.33. The molecule has 1 aromatic heterocycles. The van der Waals surface area contributed by atoms with Gasteiger partial charge in [-0.25, -0.2) is 9.97 Å². The fourth-order valence-electron chi connectivity index (χ4n) is 1.86. The van der Waals surface area contributed by atoms with E-state index in [4.69, 9.17) is 11.6 Å². The van der Waals surface area contributed by atoms with Gasteiger partial charge < -0.3 is 4.90 Å². The van der Waals surface area contributed by atoms with Crippen LogP contribution in [-0.2, 0) is 0 Å². The molecule has 2 rings (SSSR count). The molecule has 2 heterocycles. The van der Waals surface area contributed by atoms with E-state index in [0.29, 0.717) is 0 Å². The van der Waals surface area contributed by atoms with Crippen molar-refractivity contribution in [3.05, 3.63) is 18.5 Å². The molecule has 1 aliphatic heterocycles. The van der Waals surface area contributed by atoms with Gasteiger partial charge >= 0.3 is 0 Å². The van der Waals surface area contributed by atoms with Crippen LogP contribution in [0, 0.1) is 5.92 Å². The SMILES string of the molecule is ClCCC1CCN(c2ncccn2)C1. The Balaban J connectivity index is 1.96. The van der Waals surface area contributed by atoms with Crippen molar-refractivity contribution in [3.8, 4) is 0 Å². The van der Waals surface area contributed by atoms with Gasteiger partial charge in [-0.05, 0) is 24.8 Å². The summed E-state index contributed by atoms with van der Waals surface area (Å²) in [6, 6.07) is 1.84. The first-order valence-electron chi connectivity index (χ1n) is 4.98. The van der Waals surface area contributed by atoms with Gasteiger partial charge in [0.25, 0.3) is 0 Å². The third-order valence-corrected chi connectivity index (χ3v) is 2.86. The highest BCUT2D eigenvalue weighted by molar-refractivity contribution is 6.17. The van der Waals surface area contributed by atoms with Crippen molar-refractivity contribution in [2.45, 2.75) is 12.8 Å². The van der Waals surface area contributed by atoms with Gasteiger partial charge in [0, 0.05) is 31.4 Å². The average molecular weight is 212 g/mol. The second-order valence-electron chi connectivity index (χ2n) is 3.63. The topological polar surface area (TPSA) is 29.0 Å². The molecule has 0 aromatic carbocycles. The van der Waals surface area contributed by atoms with E-state index in [1.54, 1.807) is 12.4 Å². The monoisotopic (exact) mass is 211 g/mol. The first-order valence-corrected chi connectivity index (χ1v) is 5.51. The highest BCUT2D eigenvalue weighted by Gasteiger charge is 2.23. The lowest BCUT2D eigenvalue weighted by atomic mass is 10.1. The van der Waals surface area contributed by atoms with Crippen LogP contribution in [0.4, 0.5) is 5.95 Å². The minimum Gasteiger partial charge on any atom is -0.341 e. The largest absolute Gasteiger partial charge is 0.341 e. The van der Waals surface area contributed by atoms with E-state index < -0.39 is 0 Å². The number of hydrogen-bond acceptors (Lipinski definition) is 3. The Bertz CT molecular complexity index is 278. The van der Waals surface area contributed by atoms with Gasteiger partial charge in [-0.15, -0.1) is 11.6 Å². The van der Waals surface area contributed by atoms with E-state index in [0.717, 1.165) is 37.3 Å². The average Bonchev–Trinajstić information content (AvgIpc) is 2.68. The fourth-order valence-corrected chi connectivity index (χ4v) is 2.17. The summed E-state index contributed by atoms with van der Waals surface area (Å²) in [7, 11) is 0. The van der Waals surface area contributed by atoms with E-state index in [-0.39, 0.29) is 0 Å². The Kier molecular flexibility index (Phi) is 3.19. The van der Waals surface area contributed by atoms with Crippen LogP contribution in [0.5, 0.6) is 0 Å². The summed E-state index contributed by atoms with van der Waals surface area (Å²) in [6.07, 6.45) is 5.89. The van der Waals surface area contributed by atoms with Crippen LogP contribution in [0.25, 0.3) is 0 Å². The smallest absolute Gasteiger partial charge is 0.225 e. The van der Waals surface area contributed by atoms with Crippen LogP contribution in [0.2, 0.25) is 0 Å². The van der Waals surface area contributed by atoms with Gasteiger partial charge in [-0.1, -0.05) is 0 Å². The summed E-state index contributed by atoms with van der Waals surface area (Å²) < 4.78 is 0. The molecule has 14 heavy (non-hydrogen) atoms. The Morgan fingerprint density at radius 1 is 1.43 bits per heavy atom. The first-order chi connectivity index (χ1) is 6.90. The van der Waals surface area contributed by atoms with Crippen molar-refractivity contribution in [1.29, 1.82) is 0 Å². The third kappa shape index (κ3) is 2.15. The second-order valence-corrected chi connectivity index (χ2v) is 4.01. The molecule has 76 valence electrons. The van der Waals surface area contributed by atoms with E-state index in [1.807, 2.05) is 6.07 Å². The highest BCUT2D eigenvalue weighted by atomic mass is 35.5. The summed E-state index contributed by atoms with van der Waals surface area (Å²) in [5.41, 5.74) is 0. The van der Waals surface area contributed by atoms with Gasteiger partial charge in [0.1, 0.15) is 0 Å². The Morgan fingerprint density at radius 3 is 2.93 bits per heavy atom. The zero-order valence-electron chi connectivity index (χ0n) is 8.06. The molecule has 1 aromatic rings. The van der Waals surface area contributed by atoms with Crippen molar-refractivity contribution in [2.24, 2.45) is 5.92 Å². The number of anilines is 1. The van der Waals surface area contributed by atoms with Crippen molar-refractivity contribution in [3.63, 3.8) is 0 Å². The number of alkyl halides is 1. The lowest BCUT2D eigenvalue weighted by molar-refractivity contribution is 0.571. The molecule has 0 saturated carbocycles. The van der Waals surface area contributed by atoms with Crippen LogP contribution in [0.1, 0.15) is 12.8 Å². The zero-order chi connectivity index (χ0) is 9.80. The first kappa shape index (κ1) is 9.71. The van der Waals surface area contributed by atoms with E-state index in [2.05, 4.69) is 14.9 Å². The van der Waals surface area contributed by atoms with E-state index in [1.165, 1.54) is 6.42 Å². The number of halogens is 1. The Morgan fingerprint density at radius 2 is 2.21 bits per heavy atom. The second kappa shape index (κ2) is 4.60. The zero-order valence-corrected chi connectivity index (χ0v) is 8.82. The molecule has 0 spiro atoms. The molecule has 0 N–H and O–H groups in total. The number of hydrogen-bond donors (Lipinski definition) is 0.